The van der Waals surface area contributed by atoms with Crippen molar-refractivity contribution in [3.8, 4) is 0 Å². The van der Waals surface area contributed by atoms with Gasteiger partial charge in [0.25, 0.3) is 0 Å². The predicted octanol–water partition coefficient (Wildman–Crippen LogP) is 3.24. The summed E-state index contributed by atoms with van der Waals surface area (Å²) in [6.45, 7) is 1.41. The monoisotopic (exact) mass is 303 g/mol. The SMILES string of the molecule is O=C(O)c1cc(C(F)(F)F)ccc1NCCOCC1CC1. The van der Waals surface area contributed by atoms with Gasteiger partial charge in [-0.15, -0.1) is 0 Å². The Labute approximate surface area is 119 Å². The number of alkyl halides is 3. The van der Waals surface area contributed by atoms with Crippen molar-refractivity contribution in [2.45, 2.75) is 19.0 Å². The molecule has 0 bridgehead atoms. The van der Waals surface area contributed by atoms with Crippen LogP contribution in [0.1, 0.15) is 28.8 Å². The van der Waals surface area contributed by atoms with Gasteiger partial charge in [0.2, 0.25) is 0 Å². The average molecular weight is 303 g/mol. The van der Waals surface area contributed by atoms with Gasteiger partial charge in [-0.2, -0.15) is 13.2 Å². The summed E-state index contributed by atoms with van der Waals surface area (Å²) in [5.74, 6) is -0.770. The van der Waals surface area contributed by atoms with Crippen LogP contribution < -0.4 is 5.32 Å². The van der Waals surface area contributed by atoms with Gasteiger partial charge in [0.15, 0.2) is 0 Å². The molecule has 116 valence electrons. The molecule has 2 N–H and O–H groups in total. The number of carbonyl (C=O) groups is 1. The highest BCUT2D eigenvalue weighted by Crippen LogP contribution is 2.32. The predicted molar refractivity (Wildman–Crippen MR) is 70.4 cm³/mol. The summed E-state index contributed by atoms with van der Waals surface area (Å²) in [6.07, 6.45) is -2.21. The highest BCUT2D eigenvalue weighted by atomic mass is 19.4. The van der Waals surface area contributed by atoms with Gasteiger partial charge in [0, 0.05) is 18.8 Å². The fourth-order valence-corrected chi connectivity index (χ4v) is 1.84. The fourth-order valence-electron chi connectivity index (χ4n) is 1.84. The second-order valence-electron chi connectivity index (χ2n) is 5.01. The highest BCUT2D eigenvalue weighted by molar-refractivity contribution is 5.94. The smallest absolute Gasteiger partial charge is 0.416 e. The molecule has 21 heavy (non-hydrogen) atoms. The largest absolute Gasteiger partial charge is 0.478 e. The molecule has 7 heteroatoms. The number of carboxylic acids is 1. The van der Waals surface area contributed by atoms with Crippen molar-refractivity contribution >= 4 is 11.7 Å². The summed E-state index contributed by atoms with van der Waals surface area (Å²) in [7, 11) is 0. The third-order valence-corrected chi connectivity index (χ3v) is 3.19. The Morgan fingerprint density at radius 3 is 2.67 bits per heavy atom. The van der Waals surface area contributed by atoms with Crippen LogP contribution in [0.4, 0.5) is 18.9 Å². The van der Waals surface area contributed by atoms with Crippen LogP contribution in [-0.4, -0.2) is 30.8 Å². The lowest BCUT2D eigenvalue weighted by Crippen LogP contribution is -2.14. The molecule has 1 aromatic rings. The van der Waals surface area contributed by atoms with Crippen molar-refractivity contribution in [3.05, 3.63) is 29.3 Å². The first-order valence-electron chi connectivity index (χ1n) is 6.64. The first kappa shape index (κ1) is 15.6. The van der Waals surface area contributed by atoms with Crippen molar-refractivity contribution in [2.75, 3.05) is 25.1 Å². The lowest BCUT2D eigenvalue weighted by Gasteiger charge is -2.13. The Morgan fingerprint density at radius 1 is 1.38 bits per heavy atom. The minimum Gasteiger partial charge on any atom is -0.478 e. The van der Waals surface area contributed by atoms with Crippen LogP contribution >= 0.6 is 0 Å². The summed E-state index contributed by atoms with van der Waals surface area (Å²) < 4.78 is 43.1. The number of halogens is 3. The molecule has 0 aliphatic heterocycles. The molecular weight excluding hydrogens is 287 g/mol. The molecule has 0 amide bonds. The van der Waals surface area contributed by atoms with Crippen LogP contribution in [0.5, 0.6) is 0 Å². The summed E-state index contributed by atoms with van der Waals surface area (Å²) in [4.78, 5) is 11.0. The molecule has 0 spiro atoms. The van der Waals surface area contributed by atoms with E-state index in [0.29, 0.717) is 31.7 Å². The van der Waals surface area contributed by atoms with Crippen LogP contribution in [0.15, 0.2) is 18.2 Å². The Balaban J connectivity index is 1.95. The first-order valence-corrected chi connectivity index (χ1v) is 6.64. The van der Waals surface area contributed by atoms with Crippen molar-refractivity contribution in [1.82, 2.24) is 0 Å². The molecule has 2 rings (SSSR count). The Morgan fingerprint density at radius 2 is 2.10 bits per heavy atom. The van der Waals surface area contributed by atoms with E-state index in [-0.39, 0.29) is 5.69 Å². The number of rotatable bonds is 7. The van der Waals surface area contributed by atoms with Crippen molar-refractivity contribution < 1.29 is 27.8 Å². The zero-order valence-electron chi connectivity index (χ0n) is 11.2. The number of benzene rings is 1. The van der Waals surface area contributed by atoms with Crippen LogP contribution in [0, 0.1) is 5.92 Å². The minimum atomic E-state index is -4.56. The quantitative estimate of drug-likeness (QED) is 0.759. The molecule has 1 fully saturated rings. The van der Waals surface area contributed by atoms with Crippen LogP contribution in [0.3, 0.4) is 0 Å². The van der Waals surface area contributed by atoms with Gasteiger partial charge in [0.05, 0.1) is 17.7 Å². The maximum Gasteiger partial charge on any atom is 0.416 e. The van der Waals surface area contributed by atoms with Gasteiger partial charge >= 0.3 is 12.1 Å². The zero-order valence-corrected chi connectivity index (χ0v) is 11.2. The van der Waals surface area contributed by atoms with Crippen molar-refractivity contribution in [2.24, 2.45) is 5.92 Å². The van der Waals surface area contributed by atoms with E-state index in [2.05, 4.69) is 5.32 Å². The lowest BCUT2D eigenvalue weighted by atomic mass is 10.1. The Bertz CT molecular complexity index is 513. The van der Waals surface area contributed by atoms with Gasteiger partial charge in [0.1, 0.15) is 0 Å². The Kier molecular flexibility index (Phi) is 4.72. The van der Waals surface area contributed by atoms with Gasteiger partial charge < -0.3 is 15.2 Å². The second kappa shape index (κ2) is 6.34. The number of aromatic carboxylic acids is 1. The molecule has 0 atom stereocenters. The van der Waals surface area contributed by atoms with E-state index in [1.807, 2.05) is 0 Å². The van der Waals surface area contributed by atoms with Crippen LogP contribution in [0.25, 0.3) is 0 Å². The van der Waals surface area contributed by atoms with Gasteiger partial charge in [-0.25, -0.2) is 4.79 Å². The zero-order chi connectivity index (χ0) is 15.5. The normalized spacial score (nSPS) is 15.0. The van der Waals surface area contributed by atoms with E-state index < -0.39 is 23.3 Å². The number of anilines is 1. The van der Waals surface area contributed by atoms with E-state index in [9.17, 15) is 18.0 Å². The molecule has 0 aromatic heterocycles. The minimum absolute atomic E-state index is 0.158. The molecule has 0 saturated heterocycles. The van der Waals surface area contributed by atoms with Gasteiger partial charge in [-0.3, -0.25) is 0 Å². The maximum absolute atomic E-state index is 12.6. The summed E-state index contributed by atoms with van der Waals surface area (Å²) in [6, 6.07) is 2.63. The second-order valence-corrected chi connectivity index (χ2v) is 5.01. The standard InChI is InChI=1S/C14H16F3NO3/c15-14(16,17)10-3-4-12(11(7-10)13(19)20)18-5-6-21-8-9-1-2-9/h3-4,7,9,18H,1-2,5-6,8H2,(H,19,20). The highest BCUT2D eigenvalue weighted by Gasteiger charge is 2.31. The number of hydrogen-bond acceptors (Lipinski definition) is 3. The molecule has 0 radical (unpaired) electrons. The van der Waals surface area contributed by atoms with Crippen molar-refractivity contribution in [3.63, 3.8) is 0 Å². The molecule has 4 nitrogen and oxygen atoms in total. The topological polar surface area (TPSA) is 58.6 Å². The molecule has 1 aliphatic rings. The van der Waals surface area contributed by atoms with Crippen LogP contribution in [-0.2, 0) is 10.9 Å². The van der Waals surface area contributed by atoms with E-state index in [4.69, 9.17) is 9.84 Å². The summed E-state index contributed by atoms with van der Waals surface area (Å²) in [5, 5.41) is 11.8. The molecule has 0 heterocycles. The average Bonchev–Trinajstić information content (AvgIpc) is 3.21. The first-order chi connectivity index (χ1) is 9.88. The fraction of sp³-hybridized carbons (Fsp3) is 0.500. The van der Waals surface area contributed by atoms with Crippen molar-refractivity contribution in [1.29, 1.82) is 0 Å². The van der Waals surface area contributed by atoms with Gasteiger partial charge in [-0.1, -0.05) is 0 Å². The lowest BCUT2D eigenvalue weighted by molar-refractivity contribution is -0.137. The molecule has 0 unspecified atom stereocenters. The molecule has 1 aliphatic carbocycles. The molecule has 1 aromatic carbocycles. The van der Waals surface area contributed by atoms with Crippen LogP contribution in [0.2, 0.25) is 0 Å². The number of carboxylic acid groups (broad SMARTS) is 1. The maximum atomic E-state index is 12.6. The summed E-state index contributed by atoms with van der Waals surface area (Å²) >= 11 is 0. The van der Waals surface area contributed by atoms with E-state index in [0.717, 1.165) is 12.1 Å². The number of hydrogen-bond donors (Lipinski definition) is 2. The summed E-state index contributed by atoms with van der Waals surface area (Å²) in [5.41, 5.74) is -1.21. The van der Waals surface area contributed by atoms with E-state index >= 15 is 0 Å². The number of nitrogens with one attached hydrogen (secondary N) is 1. The van der Waals surface area contributed by atoms with E-state index in [1.165, 1.54) is 12.8 Å². The Hall–Kier alpha value is -1.76. The molecule has 1 saturated carbocycles. The molecular formula is C14H16F3NO3. The third-order valence-electron chi connectivity index (χ3n) is 3.19. The van der Waals surface area contributed by atoms with E-state index in [1.54, 1.807) is 0 Å². The third kappa shape index (κ3) is 4.63. The number of ether oxygens (including phenoxy) is 1. The van der Waals surface area contributed by atoms with Gasteiger partial charge in [-0.05, 0) is 37.0 Å².